The van der Waals surface area contributed by atoms with E-state index >= 15 is 14.4 Å². The van der Waals surface area contributed by atoms with Crippen LogP contribution in [-0.2, 0) is 71.2 Å². The number of aliphatic carboxylic acids is 1. The van der Waals surface area contributed by atoms with Crippen LogP contribution in [0.25, 0.3) is 11.3 Å². The molecule has 6 atom stereocenters. The molecule has 1 aliphatic heterocycles. The number of carbonyl (C=O) groups is 7. The summed E-state index contributed by atoms with van der Waals surface area (Å²) < 4.78 is 51.6. The van der Waals surface area contributed by atoms with Crippen LogP contribution in [-0.4, -0.2) is 166 Å². The van der Waals surface area contributed by atoms with Gasteiger partial charge in [-0.1, -0.05) is 84.6 Å². The fraction of sp³-hybridized carbons (Fsp3) is 0.469. The number of methoxy groups -OCH3 is 1. The predicted octanol–water partition coefficient (Wildman–Crippen LogP) is 9.23. The van der Waals surface area contributed by atoms with Crippen molar-refractivity contribution >= 4 is 64.8 Å². The van der Waals surface area contributed by atoms with E-state index < -0.39 is 77.7 Å². The molecular weight excluding hydrogens is 1200 g/mol. The van der Waals surface area contributed by atoms with Crippen LogP contribution in [0, 0.1) is 5.92 Å². The van der Waals surface area contributed by atoms with Gasteiger partial charge in [0.25, 0.3) is 0 Å². The Balaban J connectivity index is 0.00000170. The summed E-state index contributed by atoms with van der Waals surface area (Å²) in [6, 6.07) is 24.8. The van der Waals surface area contributed by atoms with Crippen molar-refractivity contribution in [1.29, 1.82) is 0 Å². The van der Waals surface area contributed by atoms with E-state index in [-0.39, 0.29) is 69.4 Å². The molecule has 25 heteroatoms. The Labute approximate surface area is 527 Å². The van der Waals surface area contributed by atoms with Crippen LogP contribution >= 0.6 is 23.2 Å². The van der Waals surface area contributed by atoms with Crippen LogP contribution in [0.3, 0.4) is 0 Å². The third-order valence-corrected chi connectivity index (χ3v) is 15.8. The fourth-order valence-corrected chi connectivity index (χ4v) is 11.0. The van der Waals surface area contributed by atoms with E-state index in [0.29, 0.717) is 40.7 Å². The van der Waals surface area contributed by atoms with Gasteiger partial charge in [0, 0.05) is 80.9 Å². The molecular formula is C64H80Cl2F3N9O11. The number of imidazole rings is 1. The van der Waals surface area contributed by atoms with E-state index in [9.17, 15) is 27.6 Å². The number of hydrogen-bond donors (Lipinski definition) is 4. The van der Waals surface area contributed by atoms with E-state index in [1.54, 1.807) is 70.1 Å². The number of carboxylic acids is 1. The highest BCUT2D eigenvalue weighted by atomic mass is 35.5. The first-order chi connectivity index (χ1) is 42.0. The lowest BCUT2D eigenvalue weighted by Crippen LogP contribution is -2.59. The monoisotopic (exact) mass is 1280 g/mol. The Morgan fingerprint density at radius 1 is 0.809 bits per heavy atom. The number of alkyl halides is 3. The number of halogens is 5. The van der Waals surface area contributed by atoms with Gasteiger partial charge in [-0.25, -0.2) is 14.6 Å². The van der Waals surface area contributed by atoms with Crippen molar-refractivity contribution in [1.82, 2.24) is 45.1 Å². The number of benzene rings is 4. The van der Waals surface area contributed by atoms with E-state index in [2.05, 4.69) is 20.9 Å². The summed E-state index contributed by atoms with van der Waals surface area (Å²) in [5.41, 5.74) is 3.06. The summed E-state index contributed by atoms with van der Waals surface area (Å²) in [7, 11) is 10.7. The average Bonchev–Trinajstić information content (AvgIpc) is 2.92. The Bertz CT molecular complexity index is 3220. The minimum absolute atomic E-state index is 0.102. The zero-order valence-electron chi connectivity index (χ0n) is 51.6. The van der Waals surface area contributed by atoms with Crippen molar-refractivity contribution in [3.63, 3.8) is 0 Å². The zero-order valence-corrected chi connectivity index (χ0v) is 53.1. The molecule has 1 saturated heterocycles. The van der Waals surface area contributed by atoms with Crippen molar-refractivity contribution in [3.05, 3.63) is 136 Å². The van der Waals surface area contributed by atoms with Gasteiger partial charge in [0.1, 0.15) is 35.0 Å². The van der Waals surface area contributed by atoms with Crippen molar-refractivity contribution in [3.8, 4) is 22.8 Å². The van der Waals surface area contributed by atoms with Crippen LogP contribution in [0.5, 0.6) is 11.5 Å². The molecule has 1 aromatic heterocycles. The molecule has 5 aromatic rings. The van der Waals surface area contributed by atoms with Crippen LogP contribution in [0.4, 0.5) is 18.0 Å². The number of rotatable bonds is 16. The van der Waals surface area contributed by atoms with Crippen LogP contribution < -0.4 is 20.7 Å². The zero-order chi connectivity index (χ0) is 65.3. The Hall–Kier alpha value is -7.73. The largest absolute Gasteiger partial charge is 0.490 e. The van der Waals surface area contributed by atoms with Crippen LogP contribution in [0.2, 0.25) is 10.0 Å². The lowest BCUT2D eigenvalue weighted by Gasteiger charge is -2.40. The maximum absolute atomic E-state index is 15.8. The highest BCUT2D eigenvalue weighted by Crippen LogP contribution is 2.34. The van der Waals surface area contributed by atoms with Gasteiger partial charge in [-0.2, -0.15) is 13.2 Å². The lowest BCUT2D eigenvalue weighted by atomic mass is 9.87. The number of nitrogens with zero attached hydrogens (tertiary/aromatic N) is 6. The predicted molar refractivity (Wildman–Crippen MR) is 330 cm³/mol. The first-order valence-electron chi connectivity index (χ1n) is 29.2. The number of carbonyl (C=O) groups excluding carboxylic acids is 6. The Kier molecular flexibility index (Phi) is 25.4. The molecule has 4 N–H and O–H groups in total. The third-order valence-electron chi connectivity index (χ3n) is 15.3. The number of nitrogens with one attached hydrogen (secondary N) is 3. The number of carboxylic acid groups (broad SMARTS) is 1. The summed E-state index contributed by atoms with van der Waals surface area (Å²) in [5, 5.41) is 16.9. The molecule has 89 heavy (non-hydrogen) atoms. The second-order valence-electron chi connectivity index (χ2n) is 23.5. The van der Waals surface area contributed by atoms with Gasteiger partial charge in [0.15, 0.2) is 0 Å². The van der Waals surface area contributed by atoms with Gasteiger partial charge in [0.2, 0.25) is 29.5 Å². The van der Waals surface area contributed by atoms with Gasteiger partial charge in [-0.15, -0.1) is 0 Å². The molecule has 20 nitrogen and oxygen atoms in total. The molecule has 482 valence electrons. The number of fused-ring (bicyclic) bond motifs is 1. The summed E-state index contributed by atoms with van der Waals surface area (Å²) >= 11 is 13.0. The number of alkyl carbamates (subject to hydrolysis) is 1. The third kappa shape index (κ3) is 20.9. The second kappa shape index (κ2) is 32.1. The number of ether oxygens (including phenoxy) is 3. The molecule has 1 saturated carbocycles. The summed E-state index contributed by atoms with van der Waals surface area (Å²) in [4.78, 5) is 109. The van der Waals surface area contributed by atoms with E-state index in [0.717, 1.165) is 41.1 Å². The van der Waals surface area contributed by atoms with E-state index in [1.807, 2.05) is 104 Å². The normalized spacial score (nSPS) is 20.1. The van der Waals surface area contributed by atoms with Crippen LogP contribution in [0.1, 0.15) is 88.2 Å². The maximum Gasteiger partial charge on any atom is 0.490 e. The van der Waals surface area contributed by atoms with Crippen molar-refractivity contribution in [2.24, 2.45) is 13.0 Å². The average molecular weight is 1280 g/mol. The van der Waals surface area contributed by atoms with Gasteiger partial charge in [0.05, 0.1) is 43.5 Å². The Morgan fingerprint density at radius 2 is 1.45 bits per heavy atom. The van der Waals surface area contributed by atoms with E-state index in [1.165, 1.54) is 16.9 Å². The molecule has 0 spiro atoms. The number of hydrogen-bond acceptors (Lipinski definition) is 12. The number of aromatic nitrogens is 2. The SMILES string of the molecule is COC[C@@H]1NC(=O)[C@H](CCNC(=O)OC(C)(C)C)N(Cc2ccc(Cl)cc2Oc2ccc(-c3cnc(CN(C)C)n3C)cc2)C(=O)C[C@@H](Cc2ccccc2)C(=O)N(C)[C@H]2CCCC[C@@H]2NC(=O)C[C@H](Cc2ccc(Cl)cc2)N(C)C1=O.O=C(O)C(F)(F)F. The molecule has 2 aliphatic rings. The van der Waals surface area contributed by atoms with Gasteiger partial charge >= 0.3 is 18.2 Å². The number of likely N-dealkylation sites (N-methyl/N-ethyl adjacent to an activating group) is 2. The summed E-state index contributed by atoms with van der Waals surface area (Å²) in [5.74, 6) is -4.54. The first-order valence-corrected chi connectivity index (χ1v) is 30.0. The lowest BCUT2D eigenvalue weighted by molar-refractivity contribution is -0.192. The minimum atomic E-state index is -5.08. The molecule has 7 rings (SSSR count). The Morgan fingerprint density at radius 3 is 2.08 bits per heavy atom. The molecule has 0 bridgehead atoms. The van der Waals surface area contributed by atoms with Crippen LogP contribution in [0.15, 0.2) is 103 Å². The smallest absolute Gasteiger partial charge is 0.475 e. The molecule has 4 aromatic carbocycles. The molecule has 1 aliphatic carbocycles. The highest BCUT2D eigenvalue weighted by Gasteiger charge is 2.41. The molecule has 0 unspecified atom stereocenters. The molecule has 2 fully saturated rings. The molecule has 0 radical (unpaired) electrons. The first kappa shape index (κ1) is 70.4. The summed E-state index contributed by atoms with van der Waals surface area (Å²) in [6.45, 7) is 5.16. The summed E-state index contributed by atoms with van der Waals surface area (Å²) in [6.07, 6.45) is -1.34. The minimum Gasteiger partial charge on any atom is -0.475 e. The van der Waals surface area contributed by atoms with E-state index in [4.69, 9.17) is 47.3 Å². The van der Waals surface area contributed by atoms with Gasteiger partial charge in [-0.3, -0.25) is 24.0 Å². The molecule has 2 heterocycles. The standard InChI is InChI=1S/C62H79Cl2N9O9.C2HF3O2/c1-62(2,3)82-61(79)65-30-29-52-58(76)68-50(39-80-9)60(78)70(6)47(32-41-19-24-45(63)25-20-41)35-56(74)67-49-17-13-14-18-51(49)72(8)59(77)44(31-40-15-11-10-12-16-40)33-57(75)73(52)37-43-21-26-46(64)34-54(43)81-48-27-22-42(23-28-48)53-36-66-55(71(53)7)38-69(4)5;3-2(4,5)1(6)7/h10-12,15-16,19-28,34,36,44,47,49-52H,13-14,17-18,29-33,35,37-39H2,1-9H3,(H,65,79)(H,67,74)(H,68,76);(H,6,7)/t44-,47+,49+,50+,51+,52+;/m1./s1. The fourth-order valence-electron chi connectivity index (χ4n) is 10.8. The highest BCUT2D eigenvalue weighted by molar-refractivity contribution is 6.31. The number of amides is 6. The second-order valence-corrected chi connectivity index (χ2v) is 24.4. The van der Waals surface area contributed by atoms with Crippen molar-refractivity contribution in [2.45, 2.75) is 134 Å². The molecule has 6 amide bonds. The topological polar surface area (TPSA) is 234 Å². The quantitative estimate of drug-likeness (QED) is 0.0722. The van der Waals surface area contributed by atoms with Gasteiger partial charge in [-0.05, 0) is 127 Å². The van der Waals surface area contributed by atoms with Gasteiger partial charge < -0.3 is 59.4 Å². The maximum atomic E-state index is 15.8. The van der Waals surface area contributed by atoms with Crippen molar-refractivity contribution in [2.75, 3.05) is 48.5 Å². The van der Waals surface area contributed by atoms with Crippen molar-refractivity contribution < 1.29 is 66.1 Å².